The molecular weight excluding hydrogens is 2240 g/mol. The van der Waals surface area contributed by atoms with Gasteiger partial charge in [-0.25, -0.2) is 19.9 Å². The van der Waals surface area contributed by atoms with Gasteiger partial charge in [0.05, 0.1) is 93.0 Å². The van der Waals surface area contributed by atoms with Gasteiger partial charge in [-0.15, -0.1) is 0 Å². The van der Waals surface area contributed by atoms with Crippen LogP contribution in [0.15, 0.2) is 152 Å². The maximum atomic E-state index is 12.4. The molecule has 33 nitrogen and oxygen atoms in total. The Bertz CT molecular complexity index is 6860. The lowest BCUT2D eigenvalue weighted by molar-refractivity contribution is -0.120. The van der Waals surface area contributed by atoms with Crippen LogP contribution in [0.2, 0.25) is 15.1 Å². The standard InChI is InChI=1S/C29H29N5O4.C18H25BN2O3.C17H16ClN3O3.C9H11IN2O.C8H7BClNO3.C8H5ClINO.C7H6INO3.C3H8.BH3P/c1-17-15-31-23-13-25(27-24(36-4)12-20(16-32-27)29(35)34(2)3)38-28(23)26(17)18-5-6-22(19(11-18)14-30)33-21-7-9-37-10-8-21;1-17(2)18(3,4)24-19(23-17)14-5-6-16(13(11-14)12-20)21-15-7-9-22-10-8-15;1-9-7-19-11-6-13(24-16(11)14(9)18)15-12(23-4)5-10(8-20-15)17(22)21(2)3;1-6-4-7(5-11-8(6)10)9(13)12(2)3;1-4-3-11-5-2-6(9(12)13)14-8(5)7(4)10;1-4-3-11-5-2-6(10)12-8(5)7(4)9;1-11-6-2-5(12-4-10)3-9-7(6)8;1-3-2;1-2/h5-6,11-13,15-16,21,33H,7-10H2,1-4H3;5-6,11,15,21H,7-10H2,1-4H3;5-8H,1-4H3;4-5H,1-3H3;2-3,12-13H,1H3;2-3H,1H3;2-4H,1H3;3H2,1-2H3;1H,2H2/i;;;;;;;;1D. The van der Waals surface area contributed by atoms with Gasteiger partial charge < -0.3 is 90.8 Å². The van der Waals surface area contributed by atoms with Crippen LogP contribution in [-0.2, 0) is 23.6 Å². The molecule has 1 radical (unpaired) electrons. The number of aryl methyl sites for hydroxylation is 5. The molecule has 2 aromatic carbocycles. The van der Waals surface area contributed by atoms with Crippen molar-refractivity contribution in [2.45, 2.75) is 132 Å². The summed E-state index contributed by atoms with van der Waals surface area (Å²) in [7, 11) is 16.0. The lowest BCUT2D eigenvalue weighted by Gasteiger charge is -2.32. The Kier molecular flexibility index (Phi) is 42.7. The van der Waals surface area contributed by atoms with Gasteiger partial charge in [-0.05, 0) is 238 Å². The zero-order chi connectivity index (χ0) is 105. The van der Waals surface area contributed by atoms with E-state index in [4.69, 9.17) is 96.8 Å². The number of carbonyl (C=O) groups is 4. The van der Waals surface area contributed by atoms with Gasteiger partial charge in [-0.3, -0.25) is 39.1 Å². The smallest absolute Gasteiger partial charge is 0.494 e. The summed E-state index contributed by atoms with van der Waals surface area (Å²) in [6.45, 7) is 25.2. The molecule has 3 fully saturated rings. The number of fused-ring (bicyclic) bond motifs is 4. The average molecular weight is 2350 g/mol. The van der Waals surface area contributed by atoms with Gasteiger partial charge in [-0.2, -0.15) is 19.6 Å². The lowest BCUT2D eigenvalue weighted by atomic mass is 9.78. The summed E-state index contributed by atoms with van der Waals surface area (Å²) in [5, 5.41) is 45.8. The van der Waals surface area contributed by atoms with E-state index in [1.807, 2.05) is 133 Å². The van der Waals surface area contributed by atoms with Crippen LogP contribution in [0.4, 0.5) is 11.4 Å². The highest BCUT2D eigenvalue weighted by molar-refractivity contribution is 14.1. The van der Waals surface area contributed by atoms with E-state index in [0.29, 0.717) is 140 Å². The van der Waals surface area contributed by atoms with E-state index in [9.17, 15) is 29.7 Å². The number of methoxy groups -OCH3 is 3. The highest BCUT2D eigenvalue weighted by Crippen LogP contribution is 2.42. The predicted octanol–water partition coefficient (Wildman–Crippen LogP) is 18.9. The topological polar surface area (TPSA) is 420 Å². The van der Waals surface area contributed by atoms with Crippen molar-refractivity contribution in [1.29, 1.82) is 11.9 Å². The van der Waals surface area contributed by atoms with Gasteiger partial charge >= 0.3 is 14.2 Å². The van der Waals surface area contributed by atoms with Gasteiger partial charge in [0.25, 0.3) is 24.2 Å². The molecule has 0 aliphatic carbocycles. The molecule has 0 spiro atoms. The molecule has 17 rings (SSSR count). The first-order chi connectivity index (χ1) is 68.0. The van der Waals surface area contributed by atoms with Crippen molar-refractivity contribution >= 4 is 225 Å². The molecular formula is C99H110B3Cl3I3N15O18P. The fourth-order valence-electron chi connectivity index (χ4n) is 13.8. The molecule has 3 saturated heterocycles. The van der Waals surface area contributed by atoms with Crippen molar-refractivity contribution in [2.75, 3.05) is 101 Å². The Morgan fingerprint density at radius 1 is 0.542 bits per heavy atom. The SMILES string of the molecule is CC1(C)OB(c2ccc(NC3CCOCC3)c(C#N)c2)OC1(C)C.CCC.COc1cc(C(=O)N(C)C)cnc1-c1cc2ncc(C)c(-c3ccc(NC4CCOCC4)c(C#N)c3)c2o1.COc1cc(C(=O)N(C)C)cnc1-c1cc2ncc(C)c(Cl)c2o1.COc1cc(OC=O)cnc1I.Cc1cc(C(=O)N(C)C)cnc1I.Cc1cnc2cc(B(O)O)oc2c1Cl.Cc1cnc2cc(I)oc2c1Cl.[2H][B]P. The lowest BCUT2D eigenvalue weighted by Crippen LogP contribution is -2.41. The normalized spacial score (nSPS) is 13.3. The molecule has 14 aromatic rings. The Morgan fingerprint density at radius 3 is 1.39 bits per heavy atom. The summed E-state index contributed by atoms with van der Waals surface area (Å²) >= 11 is 24.5. The molecule has 1 unspecified atom stereocenters. The second-order valence-electron chi connectivity index (χ2n) is 33.7. The van der Waals surface area contributed by atoms with Crippen molar-refractivity contribution in [3.8, 4) is 69.2 Å². The number of halogens is 6. The highest BCUT2D eigenvalue weighted by atomic mass is 127. The maximum Gasteiger partial charge on any atom is 0.526 e. The summed E-state index contributed by atoms with van der Waals surface area (Å²) in [6.07, 6.45) is 17.9. The molecule has 745 valence electrons. The number of furan rings is 4. The first-order valence-electron chi connectivity index (χ1n) is 44.9. The van der Waals surface area contributed by atoms with Crippen LogP contribution in [0, 0.1) is 68.4 Å². The monoisotopic (exact) mass is 2350 g/mol. The second-order valence-corrected chi connectivity index (χ2v) is 38.0. The number of nitriles is 2. The highest BCUT2D eigenvalue weighted by Gasteiger charge is 2.52. The number of rotatable bonds is 17. The zero-order valence-electron chi connectivity index (χ0n) is 83.1. The molecule has 43 heteroatoms. The number of ether oxygens (including phenoxy) is 6. The number of benzene rings is 2. The Labute approximate surface area is 885 Å². The van der Waals surface area contributed by atoms with Crippen molar-refractivity contribution in [3.05, 3.63) is 216 Å². The average Bonchev–Trinajstić information content (AvgIpc) is 1.63. The molecule has 3 amide bonds. The molecule has 4 N–H and O–H groups in total. The van der Waals surface area contributed by atoms with E-state index in [1.54, 1.807) is 109 Å². The summed E-state index contributed by atoms with van der Waals surface area (Å²) in [5.41, 5.74) is 16.5. The molecule has 0 saturated carbocycles. The van der Waals surface area contributed by atoms with Gasteiger partial charge in [0, 0.05) is 160 Å². The fourth-order valence-corrected chi connectivity index (χ4v) is 15.6. The first-order valence-corrected chi connectivity index (χ1v) is 49.3. The predicted molar refractivity (Wildman–Crippen MR) is 583 cm³/mol. The van der Waals surface area contributed by atoms with Crippen LogP contribution in [0.25, 0.3) is 78.4 Å². The number of nitrogens with zero attached hydrogens (tertiary/aromatic N) is 13. The molecule has 3 aliphatic rings. The van der Waals surface area contributed by atoms with E-state index in [0.717, 1.165) is 125 Å². The van der Waals surface area contributed by atoms with Crippen LogP contribution in [0.5, 0.6) is 23.0 Å². The third-order valence-corrected chi connectivity index (χ3v) is 25.9. The van der Waals surface area contributed by atoms with E-state index in [2.05, 4.69) is 136 Å². The molecule has 15 heterocycles. The van der Waals surface area contributed by atoms with E-state index in [1.165, 1.54) is 69.7 Å². The van der Waals surface area contributed by atoms with Crippen molar-refractivity contribution < 1.29 is 84.6 Å². The van der Waals surface area contributed by atoms with Crippen molar-refractivity contribution in [1.82, 2.24) is 54.6 Å². The number of aromatic nitrogens is 8. The van der Waals surface area contributed by atoms with E-state index >= 15 is 0 Å². The summed E-state index contributed by atoms with van der Waals surface area (Å²) < 4.78 is 74.6. The fraction of sp³-hybridized carbons (Fsp3) is 0.333. The Hall–Kier alpha value is -10.9. The summed E-state index contributed by atoms with van der Waals surface area (Å²) in [4.78, 5) is 84.4. The Morgan fingerprint density at radius 2 is 0.944 bits per heavy atom. The summed E-state index contributed by atoms with van der Waals surface area (Å²) in [6, 6.07) is 30.5. The van der Waals surface area contributed by atoms with E-state index in [-0.39, 0.29) is 40.6 Å². The third-order valence-electron chi connectivity index (χ3n) is 22.0. The first kappa shape index (κ1) is 113. The summed E-state index contributed by atoms with van der Waals surface area (Å²) in [5.74, 6) is 2.44. The molecule has 1 atom stereocenters. The van der Waals surface area contributed by atoms with Crippen LogP contribution < -0.4 is 40.7 Å². The van der Waals surface area contributed by atoms with Crippen LogP contribution in [-0.4, -0.2) is 225 Å². The van der Waals surface area contributed by atoms with Gasteiger partial charge in [0.1, 0.15) is 77.7 Å². The van der Waals surface area contributed by atoms with Crippen LogP contribution in [0.1, 0.15) is 144 Å². The number of amides is 3. The largest absolute Gasteiger partial charge is 0.526 e. The van der Waals surface area contributed by atoms with Crippen LogP contribution >= 0.6 is 112 Å². The minimum atomic E-state index is -1.64. The van der Waals surface area contributed by atoms with Crippen LogP contribution in [0.3, 0.4) is 0 Å². The number of anilines is 2. The number of hydrogen-bond donors (Lipinski definition) is 4. The molecule has 12 aromatic heterocycles. The van der Waals surface area contributed by atoms with Crippen molar-refractivity contribution in [3.63, 3.8) is 0 Å². The number of pyridine rings is 8. The third kappa shape index (κ3) is 29.7. The second kappa shape index (κ2) is 53.6. The Balaban J connectivity index is 0.000000192. The van der Waals surface area contributed by atoms with Gasteiger partial charge in [-0.1, -0.05) is 67.2 Å². The zero-order valence-corrected chi connectivity index (χ0v) is 92.0. The number of nitrogens with one attached hydrogen (secondary N) is 2. The number of hydrogen-bond acceptors (Lipinski definition) is 30. The van der Waals surface area contributed by atoms with Gasteiger partial charge in [0.15, 0.2) is 49.1 Å². The van der Waals surface area contributed by atoms with Gasteiger partial charge in [0.2, 0.25) is 0 Å². The molecule has 142 heavy (non-hydrogen) atoms. The molecule has 3 aliphatic heterocycles. The minimum Gasteiger partial charge on any atom is -0.494 e. The minimum absolute atomic E-state index is 0.00741. The maximum absolute atomic E-state index is 12.4. The van der Waals surface area contributed by atoms with E-state index < -0.39 is 14.2 Å². The van der Waals surface area contributed by atoms with Crippen molar-refractivity contribution in [2.24, 2.45) is 0 Å². The quantitative estimate of drug-likeness (QED) is 0.0216. The number of carbonyl (C=O) groups excluding carboxylic acids is 4. The molecule has 0 bridgehead atoms.